The van der Waals surface area contributed by atoms with Crippen molar-refractivity contribution in [1.29, 1.82) is 0 Å². The van der Waals surface area contributed by atoms with Crippen molar-refractivity contribution in [1.82, 2.24) is 20.2 Å². The number of terminal acetylenes is 1. The summed E-state index contributed by atoms with van der Waals surface area (Å²) in [6.07, 6.45) is 9.62. The molecule has 3 aromatic rings. The van der Waals surface area contributed by atoms with Gasteiger partial charge >= 0.3 is 6.01 Å². The third-order valence-corrected chi connectivity index (χ3v) is 8.34. The minimum Gasteiger partial charge on any atom is -0.462 e. The van der Waals surface area contributed by atoms with E-state index < -0.39 is 6.17 Å². The Balaban J connectivity index is 1.31. The van der Waals surface area contributed by atoms with Crippen LogP contribution in [0, 0.1) is 12.3 Å². The second kappa shape index (κ2) is 11.1. The predicted octanol–water partition coefficient (Wildman–Crippen LogP) is 4.25. The Bertz CT molecular complexity index is 1420. The molecule has 3 fully saturated rings. The Morgan fingerprint density at radius 3 is 2.67 bits per heavy atom. The number of likely N-dealkylation sites (tertiary alicyclic amines) is 1. The van der Waals surface area contributed by atoms with Gasteiger partial charge in [-0.3, -0.25) is 9.89 Å². The summed E-state index contributed by atoms with van der Waals surface area (Å²) in [6.45, 7) is 2.81. The number of aliphatic imine (C=N–C) groups is 1. The number of anilines is 1. The van der Waals surface area contributed by atoms with Gasteiger partial charge in [0.15, 0.2) is 0 Å². The first-order valence-corrected chi connectivity index (χ1v) is 13.9. The van der Waals surface area contributed by atoms with Crippen LogP contribution in [0.25, 0.3) is 10.8 Å². The first kappa shape index (κ1) is 26.0. The highest BCUT2D eigenvalue weighted by Gasteiger charge is 2.35. The van der Waals surface area contributed by atoms with Gasteiger partial charge in [0.05, 0.1) is 12.1 Å². The summed E-state index contributed by atoms with van der Waals surface area (Å²) in [7, 11) is 1.91. The van der Waals surface area contributed by atoms with Crippen LogP contribution in [0.4, 0.5) is 10.2 Å². The molecule has 0 radical (unpaired) electrons. The molecule has 0 amide bonds. The average Bonchev–Trinajstić information content (AvgIpc) is 3.45. The molecule has 0 aliphatic carbocycles. The van der Waals surface area contributed by atoms with Crippen LogP contribution < -0.4 is 15.0 Å². The zero-order valence-electron chi connectivity index (χ0n) is 22.0. The third-order valence-electron chi connectivity index (χ3n) is 8.02. The van der Waals surface area contributed by atoms with Crippen LogP contribution in [-0.4, -0.2) is 78.7 Å². The molecule has 2 aromatic carbocycles. The van der Waals surface area contributed by atoms with Crippen LogP contribution >= 0.6 is 11.6 Å². The molecule has 9 heteroatoms. The maximum atomic E-state index is 13.9. The number of fused-ring (bicyclic) bond motifs is 3. The fourth-order valence-electron chi connectivity index (χ4n) is 6.06. The Kier molecular flexibility index (Phi) is 7.39. The molecule has 4 atom stereocenters. The first-order chi connectivity index (χ1) is 19.0. The first-order valence-electron chi connectivity index (χ1n) is 13.5. The van der Waals surface area contributed by atoms with Crippen LogP contribution in [-0.2, 0) is 6.54 Å². The monoisotopic (exact) mass is 546 g/mol. The molecular weight excluding hydrogens is 515 g/mol. The molecule has 39 heavy (non-hydrogen) atoms. The number of benzene rings is 2. The molecule has 1 N–H and O–H groups in total. The fourth-order valence-corrected chi connectivity index (χ4v) is 6.36. The van der Waals surface area contributed by atoms with Gasteiger partial charge in [0.2, 0.25) is 0 Å². The summed E-state index contributed by atoms with van der Waals surface area (Å²) in [4.78, 5) is 18.4. The summed E-state index contributed by atoms with van der Waals surface area (Å²) in [5, 5.41) is 6.45. The van der Waals surface area contributed by atoms with Crippen molar-refractivity contribution in [3.63, 3.8) is 0 Å². The number of ether oxygens (including phenoxy) is 1. The zero-order valence-corrected chi connectivity index (χ0v) is 22.7. The third kappa shape index (κ3) is 5.44. The van der Waals surface area contributed by atoms with Gasteiger partial charge in [0.25, 0.3) is 0 Å². The lowest BCUT2D eigenvalue weighted by Crippen LogP contribution is -2.51. The number of piperazine rings is 1. The Morgan fingerprint density at radius 2 is 1.95 bits per heavy atom. The van der Waals surface area contributed by atoms with Gasteiger partial charge in [0, 0.05) is 54.4 Å². The molecular formula is C30H32ClFN6O. The number of hydrogen-bond donors (Lipinski definition) is 1. The quantitative estimate of drug-likeness (QED) is 0.353. The maximum Gasteiger partial charge on any atom is 0.319 e. The lowest BCUT2D eigenvalue weighted by Gasteiger charge is -2.34. The second-order valence-electron chi connectivity index (χ2n) is 10.7. The molecule has 202 valence electrons. The van der Waals surface area contributed by atoms with Gasteiger partial charge < -0.3 is 15.0 Å². The van der Waals surface area contributed by atoms with Crippen molar-refractivity contribution in [2.24, 2.45) is 4.99 Å². The average molecular weight is 547 g/mol. The number of hydrogen-bond acceptors (Lipinski definition) is 7. The minimum absolute atomic E-state index is 0.0230. The Hall–Kier alpha value is -3.25. The van der Waals surface area contributed by atoms with Gasteiger partial charge in [-0.25, -0.2) is 4.39 Å². The molecule has 3 aliphatic rings. The van der Waals surface area contributed by atoms with Gasteiger partial charge in [-0.05, 0) is 49.2 Å². The number of halogens is 2. The molecule has 2 bridgehead atoms. The number of nitrogens with one attached hydrogen (secondary N) is 1. The lowest BCUT2D eigenvalue weighted by atomic mass is 10.0. The summed E-state index contributed by atoms with van der Waals surface area (Å²) in [5.41, 5.74) is 2.18. The fraction of sp³-hybridized carbons (Fsp3) is 0.433. The largest absolute Gasteiger partial charge is 0.462 e. The molecule has 3 aliphatic heterocycles. The van der Waals surface area contributed by atoms with Crippen LogP contribution in [0.1, 0.15) is 36.1 Å². The van der Waals surface area contributed by atoms with E-state index in [0.29, 0.717) is 54.5 Å². The SMILES string of the molecule is C#Cc1nc(OC[C@@H]2C[C@@H](F)CN2C)nc(N2CC3CCC(C2)N3)c1C=NCc1cccc2cccc(Cl)c12. The highest BCUT2D eigenvalue weighted by Crippen LogP contribution is 2.30. The summed E-state index contributed by atoms with van der Waals surface area (Å²) in [5.74, 6) is 3.46. The number of alkyl halides is 1. The predicted molar refractivity (Wildman–Crippen MR) is 154 cm³/mol. The van der Waals surface area contributed by atoms with Gasteiger partial charge in [-0.15, -0.1) is 6.42 Å². The van der Waals surface area contributed by atoms with Crippen LogP contribution in [0.3, 0.4) is 0 Å². The molecule has 2 unspecified atom stereocenters. The van der Waals surface area contributed by atoms with Crippen molar-refractivity contribution in [2.75, 3.05) is 38.2 Å². The van der Waals surface area contributed by atoms with Crippen LogP contribution in [0.5, 0.6) is 6.01 Å². The summed E-state index contributed by atoms with van der Waals surface area (Å²) in [6, 6.07) is 13.0. The number of nitrogens with zero attached hydrogens (tertiary/aromatic N) is 5. The van der Waals surface area contributed by atoms with E-state index in [9.17, 15) is 4.39 Å². The zero-order chi connectivity index (χ0) is 26.9. The molecule has 7 nitrogen and oxygen atoms in total. The van der Waals surface area contributed by atoms with E-state index in [1.54, 1.807) is 6.21 Å². The molecule has 1 aromatic heterocycles. The molecule has 4 heterocycles. The van der Waals surface area contributed by atoms with Crippen LogP contribution in [0.15, 0.2) is 41.4 Å². The van der Waals surface area contributed by atoms with E-state index >= 15 is 0 Å². The summed E-state index contributed by atoms with van der Waals surface area (Å²) >= 11 is 6.53. The van der Waals surface area contributed by atoms with E-state index in [1.807, 2.05) is 48.3 Å². The van der Waals surface area contributed by atoms with Crippen molar-refractivity contribution in [2.45, 2.75) is 50.1 Å². The lowest BCUT2D eigenvalue weighted by molar-refractivity contribution is 0.187. The Morgan fingerprint density at radius 1 is 1.18 bits per heavy atom. The van der Waals surface area contributed by atoms with E-state index in [0.717, 1.165) is 48.1 Å². The van der Waals surface area contributed by atoms with E-state index in [2.05, 4.69) is 21.1 Å². The maximum absolute atomic E-state index is 13.9. The highest BCUT2D eigenvalue weighted by atomic mass is 35.5. The number of rotatable bonds is 7. The smallest absolute Gasteiger partial charge is 0.319 e. The minimum atomic E-state index is -0.840. The van der Waals surface area contributed by atoms with Gasteiger partial charge in [0.1, 0.15) is 24.3 Å². The summed E-state index contributed by atoms with van der Waals surface area (Å²) < 4.78 is 19.9. The topological polar surface area (TPSA) is 65.9 Å². The Labute approximate surface area is 233 Å². The molecule has 0 spiro atoms. The van der Waals surface area contributed by atoms with Crippen molar-refractivity contribution >= 4 is 34.4 Å². The van der Waals surface area contributed by atoms with Gasteiger partial charge in [-0.2, -0.15) is 9.97 Å². The van der Waals surface area contributed by atoms with Crippen molar-refractivity contribution in [3.05, 3.63) is 58.2 Å². The molecule has 0 saturated carbocycles. The molecule has 3 saturated heterocycles. The number of aromatic nitrogens is 2. The van der Waals surface area contributed by atoms with Gasteiger partial charge in [-0.1, -0.05) is 41.9 Å². The van der Waals surface area contributed by atoms with E-state index in [-0.39, 0.29) is 12.1 Å². The van der Waals surface area contributed by atoms with Crippen molar-refractivity contribution < 1.29 is 9.13 Å². The van der Waals surface area contributed by atoms with E-state index in [4.69, 9.17) is 32.7 Å². The van der Waals surface area contributed by atoms with Crippen LogP contribution in [0.2, 0.25) is 5.02 Å². The normalized spacial score (nSPS) is 25.0. The number of likely N-dealkylation sites (N-methyl/N-ethyl adjacent to an activating group) is 1. The molecule has 6 rings (SSSR count). The second-order valence-corrected chi connectivity index (χ2v) is 11.1. The highest BCUT2D eigenvalue weighted by molar-refractivity contribution is 6.35. The van der Waals surface area contributed by atoms with E-state index in [1.165, 1.54) is 0 Å². The van der Waals surface area contributed by atoms with Crippen molar-refractivity contribution in [3.8, 4) is 18.4 Å². The standard InChI is InChI=1S/C30H32ClFN6O/c1-3-27-25(14-33-13-20-8-4-6-19-7-5-9-26(31)28(19)20)29(38-16-22-10-11-23(17-38)34-22)36-30(35-27)39-18-24-12-21(32)15-37(24)2/h1,4-9,14,21-24,34H,10-13,15-18H2,2H3/t21-,22?,23?,24+/m1/s1.